The summed E-state index contributed by atoms with van der Waals surface area (Å²) in [5, 5.41) is 0. The minimum Gasteiger partial charge on any atom is -0.103 e. The largest absolute Gasteiger partial charge is 0.103 e. The molecule has 0 bridgehead atoms. The van der Waals surface area contributed by atoms with Gasteiger partial charge in [0.15, 0.2) is 0 Å². The van der Waals surface area contributed by atoms with Crippen molar-refractivity contribution < 1.29 is 0 Å². The maximum absolute atomic E-state index is 3.69. The summed E-state index contributed by atoms with van der Waals surface area (Å²) in [6, 6.07) is 0. The zero-order chi connectivity index (χ0) is 12.2. The van der Waals surface area contributed by atoms with E-state index in [0.717, 1.165) is 12.8 Å². The summed E-state index contributed by atoms with van der Waals surface area (Å²) < 4.78 is 0. The Kier molecular flexibility index (Phi) is 9.39. The highest BCUT2D eigenvalue weighted by molar-refractivity contribution is 5.22. The molecule has 0 nitrogen and oxygen atoms in total. The van der Waals surface area contributed by atoms with Crippen LogP contribution in [0.4, 0.5) is 0 Å². The van der Waals surface area contributed by atoms with Gasteiger partial charge in [0, 0.05) is 0 Å². The first-order valence-electron chi connectivity index (χ1n) is 5.99. The Hall–Kier alpha value is -1.30. The van der Waals surface area contributed by atoms with Crippen molar-refractivity contribution >= 4 is 0 Å². The standard InChI is InChI=1S/C16H24/c1-5-7-9-11-15(3)13-14-16(4)12-10-8-6-2/h5,8-15H,1,6-7H2,2-4H3/b10-8+,11-9?,14-13-,16-12-. The van der Waals surface area contributed by atoms with Gasteiger partial charge in [-0.05, 0) is 25.7 Å². The number of hydrogen-bond donors (Lipinski definition) is 0. The van der Waals surface area contributed by atoms with Crippen LogP contribution in [0.25, 0.3) is 0 Å². The molecule has 0 N–H and O–H groups in total. The van der Waals surface area contributed by atoms with Gasteiger partial charge < -0.3 is 0 Å². The zero-order valence-electron chi connectivity index (χ0n) is 10.8. The van der Waals surface area contributed by atoms with Crippen LogP contribution < -0.4 is 0 Å². The Balaban J connectivity index is 4.10. The minimum atomic E-state index is 0.485. The fourth-order valence-corrected chi connectivity index (χ4v) is 1.17. The second-order valence-electron chi connectivity index (χ2n) is 3.92. The molecule has 0 rings (SSSR count). The van der Waals surface area contributed by atoms with Crippen molar-refractivity contribution in [1.29, 1.82) is 0 Å². The molecule has 16 heavy (non-hydrogen) atoms. The molecule has 0 saturated heterocycles. The van der Waals surface area contributed by atoms with E-state index >= 15 is 0 Å². The molecule has 0 aliphatic heterocycles. The Morgan fingerprint density at radius 1 is 1.25 bits per heavy atom. The average molecular weight is 216 g/mol. The van der Waals surface area contributed by atoms with Crippen molar-refractivity contribution in [3.63, 3.8) is 0 Å². The first kappa shape index (κ1) is 14.7. The highest BCUT2D eigenvalue weighted by atomic mass is 13.9. The Morgan fingerprint density at radius 2 is 2.00 bits per heavy atom. The van der Waals surface area contributed by atoms with Crippen molar-refractivity contribution in [1.82, 2.24) is 0 Å². The average Bonchev–Trinajstić information content (AvgIpc) is 2.27. The molecule has 0 aromatic rings. The van der Waals surface area contributed by atoms with E-state index < -0.39 is 0 Å². The van der Waals surface area contributed by atoms with Gasteiger partial charge in [0.2, 0.25) is 0 Å². The highest BCUT2D eigenvalue weighted by Crippen LogP contribution is 2.04. The van der Waals surface area contributed by atoms with Crippen LogP contribution in [0.3, 0.4) is 0 Å². The first-order valence-corrected chi connectivity index (χ1v) is 5.99. The molecule has 1 unspecified atom stereocenters. The molecule has 0 amide bonds. The molecule has 0 aliphatic rings. The maximum atomic E-state index is 3.69. The van der Waals surface area contributed by atoms with Gasteiger partial charge in [-0.3, -0.25) is 0 Å². The zero-order valence-corrected chi connectivity index (χ0v) is 10.8. The Labute approximate surface area is 101 Å². The predicted octanol–water partition coefficient (Wildman–Crippen LogP) is 5.22. The summed E-state index contributed by atoms with van der Waals surface area (Å²) in [4.78, 5) is 0. The molecule has 0 aromatic heterocycles. The van der Waals surface area contributed by atoms with Gasteiger partial charge >= 0.3 is 0 Å². The van der Waals surface area contributed by atoms with Gasteiger partial charge in [-0.1, -0.05) is 68.0 Å². The van der Waals surface area contributed by atoms with E-state index in [2.05, 4.69) is 69.9 Å². The quantitative estimate of drug-likeness (QED) is 0.404. The summed E-state index contributed by atoms with van der Waals surface area (Å²) >= 11 is 0. The van der Waals surface area contributed by atoms with Gasteiger partial charge in [-0.25, -0.2) is 0 Å². The van der Waals surface area contributed by atoms with Crippen LogP contribution in [-0.4, -0.2) is 0 Å². The van der Waals surface area contributed by atoms with Crippen LogP contribution in [0.15, 0.2) is 60.8 Å². The molecule has 88 valence electrons. The molecule has 0 aliphatic carbocycles. The molecule has 0 heteroatoms. The van der Waals surface area contributed by atoms with E-state index in [1.54, 1.807) is 0 Å². The van der Waals surface area contributed by atoms with Crippen LogP contribution >= 0.6 is 0 Å². The van der Waals surface area contributed by atoms with E-state index in [1.807, 2.05) is 6.08 Å². The van der Waals surface area contributed by atoms with Gasteiger partial charge in [-0.2, -0.15) is 0 Å². The lowest BCUT2D eigenvalue weighted by Crippen LogP contribution is -1.81. The van der Waals surface area contributed by atoms with Gasteiger partial charge in [0.1, 0.15) is 0 Å². The van der Waals surface area contributed by atoms with Crippen molar-refractivity contribution in [2.45, 2.75) is 33.6 Å². The summed E-state index contributed by atoms with van der Waals surface area (Å²) in [6.45, 7) is 10.1. The van der Waals surface area contributed by atoms with Crippen LogP contribution in [0.5, 0.6) is 0 Å². The van der Waals surface area contributed by atoms with Crippen molar-refractivity contribution in [2.75, 3.05) is 0 Å². The Morgan fingerprint density at radius 3 is 2.62 bits per heavy atom. The highest BCUT2D eigenvalue weighted by Gasteiger charge is 1.88. The third-order valence-corrected chi connectivity index (χ3v) is 2.14. The number of hydrogen-bond acceptors (Lipinski definition) is 0. The van der Waals surface area contributed by atoms with E-state index in [9.17, 15) is 0 Å². The van der Waals surface area contributed by atoms with Crippen LogP contribution in [0.1, 0.15) is 33.6 Å². The molecule has 0 aromatic carbocycles. The summed E-state index contributed by atoms with van der Waals surface area (Å²) in [7, 11) is 0. The van der Waals surface area contributed by atoms with E-state index in [-0.39, 0.29) is 0 Å². The predicted molar refractivity (Wildman–Crippen MR) is 75.4 cm³/mol. The summed E-state index contributed by atoms with van der Waals surface area (Å²) in [5.74, 6) is 0.485. The lowest BCUT2D eigenvalue weighted by molar-refractivity contribution is 0.932. The topological polar surface area (TPSA) is 0 Å². The SMILES string of the molecule is C=CCC=CC(C)\C=C/C(C)=C\C=C\CC. The van der Waals surface area contributed by atoms with Gasteiger partial charge in [-0.15, -0.1) is 6.58 Å². The molecular formula is C16H24. The maximum Gasteiger partial charge on any atom is -0.00786 e. The van der Waals surface area contributed by atoms with E-state index in [1.165, 1.54) is 5.57 Å². The summed E-state index contributed by atoms with van der Waals surface area (Å²) in [5.41, 5.74) is 1.29. The Bertz CT molecular complexity index is 287. The van der Waals surface area contributed by atoms with Crippen molar-refractivity contribution in [3.05, 3.63) is 60.8 Å². The number of rotatable bonds is 7. The van der Waals surface area contributed by atoms with E-state index in [4.69, 9.17) is 0 Å². The second kappa shape index (κ2) is 10.2. The van der Waals surface area contributed by atoms with Crippen molar-refractivity contribution in [2.24, 2.45) is 5.92 Å². The molecule has 0 fully saturated rings. The third kappa shape index (κ3) is 9.26. The lowest BCUT2D eigenvalue weighted by Gasteiger charge is -1.97. The van der Waals surface area contributed by atoms with Crippen LogP contribution in [-0.2, 0) is 0 Å². The normalized spacial score (nSPS) is 15.3. The van der Waals surface area contributed by atoms with Crippen LogP contribution in [0, 0.1) is 5.92 Å². The molecular weight excluding hydrogens is 192 g/mol. The first-order chi connectivity index (χ1) is 7.70. The minimum absolute atomic E-state index is 0.485. The fraction of sp³-hybridized carbons (Fsp3) is 0.375. The molecule has 0 saturated carbocycles. The summed E-state index contributed by atoms with van der Waals surface area (Å²) in [6.07, 6.45) is 19.1. The third-order valence-electron chi connectivity index (χ3n) is 2.14. The second-order valence-corrected chi connectivity index (χ2v) is 3.92. The van der Waals surface area contributed by atoms with Crippen molar-refractivity contribution in [3.8, 4) is 0 Å². The molecule has 0 spiro atoms. The molecule has 1 atom stereocenters. The number of allylic oxidation sites excluding steroid dienone is 9. The smallest absolute Gasteiger partial charge is 0.00786 e. The van der Waals surface area contributed by atoms with Gasteiger partial charge in [0.25, 0.3) is 0 Å². The molecule has 0 heterocycles. The van der Waals surface area contributed by atoms with Crippen LogP contribution in [0.2, 0.25) is 0 Å². The van der Waals surface area contributed by atoms with Gasteiger partial charge in [0.05, 0.1) is 0 Å². The molecule has 0 radical (unpaired) electrons. The van der Waals surface area contributed by atoms with E-state index in [0.29, 0.717) is 5.92 Å². The fourth-order valence-electron chi connectivity index (χ4n) is 1.17. The monoisotopic (exact) mass is 216 g/mol. The lowest BCUT2D eigenvalue weighted by atomic mass is 10.1.